The molecule has 0 atom stereocenters. The molecule has 0 aliphatic heterocycles. The zero-order valence-electron chi connectivity index (χ0n) is 11.6. The topological polar surface area (TPSA) is 105 Å². The first-order valence-electron chi connectivity index (χ1n) is 6.29. The lowest BCUT2D eigenvalue weighted by Gasteiger charge is -2.13. The average molecular weight is 299 g/mol. The SMILES string of the molecule is CCc1ncc(S(=O)(=O)N(C)Cc2noc(CC)n2)[nH]1. The number of hydrogen-bond donors (Lipinski definition) is 1. The lowest BCUT2D eigenvalue weighted by molar-refractivity contribution is 0.368. The van der Waals surface area contributed by atoms with Crippen LogP contribution in [-0.4, -0.2) is 39.9 Å². The van der Waals surface area contributed by atoms with E-state index in [9.17, 15) is 8.42 Å². The van der Waals surface area contributed by atoms with Gasteiger partial charge in [-0.25, -0.2) is 13.4 Å². The molecule has 2 rings (SSSR count). The molecule has 1 N–H and O–H groups in total. The highest BCUT2D eigenvalue weighted by molar-refractivity contribution is 7.89. The number of sulfonamides is 1. The largest absolute Gasteiger partial charge is 0.339 e. The van der Waals surface area contributed by atoms with Crippen LogP contribution in [0.15, 0.2) is 15.7 Å². The molecule has 8 nitrogen and oxygen atoms in total. The smallest absolute Gasteiger partial charge is 0.260 e. The summed E-state index contributed by atoms with van der Waals surface area (Å²) in [5.41, 5.74) is 0. The highest BCUT2D eigenvalue weighted by Gasteiger charge is 2.24. The van der Waals surface area contributed by atoms with Crippen LogP contribution in [-0.2, 0) is 29.4 Å². The first-order valence-corrected chi connectivity index (χ1v) is 7.73. The zero-order valence-corrected chi connectivity index (χ0v) is 12.4. The van der Waals surface area contributed by atoms with Crippen LogP contribution in [0.3, 0.4) is 0 Å². The molecule has 20 heavy (non-hydrogen) atoms. The molecule has 0 aliphatic rings. The third-order valence-corrected chi connectivity index (χ3v) is 4.52. The van der Waals surface area contributed by atoms with Gasteiger partial charge in [-0.2, -0.15) is 9.29 Å². The predicted molar refractivity (Wildman–Crippen MR) is 70.3 cm³/mol. The minimum absolute atomic E-state index is 0.0479. The van der Waals surface area contributed by atoms with Crippen molar-refractivity contribution in [1.29, 1.82) is 0 Å². The van der Waals surface area contributed by atoms with Crippen molar-refractivity contribution >= 4 is 10.0 Å². The molecule has 0 aliphatic carbocycles. The molecule has 2 aromatic heterocycles. The van der Waals surface area contributed by atoms with Crippen LogP contribution < -0.4 is 0 Å². The molecule has 110 valence electrons. The van der Waals surface area contributed by atoms with E-state index in [-0.39, 0.29) is 11.6 Å². The van der Waals surface area contributed by atoms with Gasteiger partial charge in [0, 0.05) is 19.9 Å². The molecule has 0 radical (unpaired) electrons. The number of hydrogen-bond acceptors (Lipinski definition) is 6. The van der Waals surface area contributed by atoms with Gasteiger partial charge in [0.15, 0.2) is 10.9 Å². The van der Waals surface area contributed by atoms with Crippen LogP contribution >= 0.6 is 0 Å². The van der Waals surface area contributed by atoms with Gasteiger partial charge in [-0.1, -0.05) is 19.0 Å². The number of H-pyrrole nitrogens is 1. The van der Waals surface area contributed by atoms with E-state index in [2.05, 4.69) is 20.1 Å². The van der Waals surface area contributed by atoms with Crippen molar-refractivity contribution in [3.05, 3.63) is 23.7 Å². The number of nitrogens with zero attached hydrogens (tertiary/aromatic N) is 4. The summed E-state index contributed by atoms with van der Waals surface area (Å²) in [5, 5.41) is 3.80. The van der Waals surface area contributed by atoms with Crippen molar-refractivity contribution < 1.29 is 12.9 Å². The maximum atomic E-state index is 12.3. The zero-order chi connectivity index (χ0) is 14.8. The first kappa shape index (κ1) is 14.7. The van der Waals surface area contributed by atoms with E-state index in [1.807, 2.05) is 13.8 Å². The molecule has 0 aromatic carbocycles. The molecular weight excluding hydrogens is 282 g/mol. The van der Waals surface area contributed by atoms with Gasteiger partial charge in [0.25, 0.3) is 10.0 Å². The van der Waals surface area contributed by atoms with Crippen LogP contribution in [0.5, 0.6) is 0 Å². The maximum absolute atomic E-state index is 12.3. The Balaban J connectivity index is 2.16. The van der Waals surface area contributed by atoms with Crippen LogP contribution in [0.2, 0.25) is 0 Å². The lowest BCUT2D eigenvalue weighted by Crippen LogP contribution is -2.27. The van der Waals surface area contributed by atoms with E-state index >= 15 is 0 Å². The number of aromatic amines is 1. The molecule has 0 fully saturated rings. The Hall–Kier alpha value is -1.74. The van der Waals surface area contributed by atoms with E-state index in [4.69, 9.17) is 4.52 Å². The fraction of sp³-hybridized carbons (Fsp3) is 0.545. The van der Waals surface area contributed by atoms with Crippen molar-refractivity contribution in [2.45, 2.75) is 38.3 Å². The van der Waals surface area contributed by atoms with Gasteiger partial charge in [0.1, 0.15) is 5.82 Å². The molecule has 0 amide bonds. The van der Waals surface area contributed by atoms with Crippen molar-refractivity contribution in [1.82, 2.24) is 24.4 Å². The number of aromatic nitrogens is 4. The third kappa shape index (κ3) is 2.88. The summed E-state index contributed by atoms with van der Waals surface area (Å²) in [6.45, 7) is 3.82. The molecule has 9 heteroatoms. The normalized spacial score (nSPS) is 12.2. The summed E-state index contributed by atoms with van der Waals surface area (Å²) < 4.78 is 30.7. The Labute approximate surface area is 117 Å². The third-order valence-electron chi connectivity index (χ3n) is 2.80. The molecule has 0 unspecified atom stereocenters. The van der Waals surface area contributed by atoms with Crippen molar-refractivity contribution in [3.63, 3.8) is 0 Å². The highest BCUT2D eigenvalue weighted by Crippen LogP contribution is 2.14. The van der Waals surface area contributed by atoms with E-state index < -0.39 is 10.0 Å². The quantitative estimate of drug-likeness (QED) is 0.843. The Morgan fingerprint density at radius 1 is 1.35 bits per heavy atom. The van der Waals surface area contributed by atoms with Crippen molar-refractivity contribution in [3.8, 4) is 0 Å². The van der Waals surface area contributed by atoms with Crippen LogP contribution in [0.1, 0.15) is 31.4 Å². The summed E-state index contributed by atoms with van der Waals surface area (Å²) >= 11 is 0. The van der Waals surface area contributed by atoms with Gasteiger partial charge in [0.05, 0.1) is 12.7 Å². The van der Waals surface area contributed by atoms with E-state index in [1.54, 1.807) is 0 Å². The monoisotopic (exact) mass is 299 g/mol. The fourth-order valence-electron chi connectivity index (χ4n) is 1.60. The Morgan fingerprint density at radius 2 is 2.10 bits per heavy atom. The van der Waals surface area contributed by atoms with Gasteiger partial charge in [-0.05, 0) is 0 Å². The summed E-state index contributed by atoms with van der Waals surface area (Å²) in [4.78, 5) is 10.9. The molecular formula is C11H17N5O3S. The van der Waals surface area contributed by atoms with E-state index in [0.717, 1.165) is 4.31 Å². The van der Waals surface area contributed by atoms with Gasteiger partial charge in [-0.15, -0.1) is 0 Å². The Bertz CT molecular complexity index is 676. The second kappa shape index (κ2) is 5.71. The van der Waals surface area contributed by atoms with Gasteiger partial charge in [0.2, 0.25) is 5.89 Å². The minimum atomic E-state index is -3.63. The second-order valence-electron chi connectivity index (χ2n) is 4.27. The summed E-state index contributed by atoms with van der Waals surface area (Å²) in [7, 11) is -2.17. The average Bonchev–Trinajstić information content (AvgIpc) is 3.07. The van der Waals surface area contributed by atoms with E-state index in [0.29, 0.717) is 30.4 Å². The second-order valence-corrected chi connectivity index (χ2v) is 6.28. The molecule has 0 spiro atoms. The highest BCUT2D eigenvalue weighted by atomic mass is 32.2. The molecule has 0 saturated heterocycles. The first-order chi connectivity index (χ1) is 9.47. The van der Waals surface area contributed by atoms with Gasteiger partial charge < -0.3 is 9.51 Å². The van der Waals surface area contributed by atoms with Gasteiger partial charge in [-0.3, -0.25) is 0 Å². The Kier molecular flexibility index (Phi) is 4.19. The predicted octanol–water partition coefficient (Wildman–Crippen LogP) is 0.738. The number of rotatable bonds is 6. The molecule has 0 bridgehead atoms. The standard InChI is InChI=1S/C11H17N5O3S/c1-4-8-12-6-11(14-8)20(17,18)16(3)7-9-13-10(5-2)19-15-9/h6H,4-5,7H2,1-3H3,(H,12,14). The molecule has 0 saturated carbocycles. The number of aryl methyl sites for hydroxylation is 2. The van der Waals surface area contributed by atoms with E-state index in [1.165, 1.54) is 13.2 Å². The molecule has 2 heterocycles. The number of nitrogens with one attached hydrogen (secondary N) is 1. The summed E-state index contributed by atoms with van der Waals surface area (Å²) in [5.74, 6) is 1.45. The van der Waals surface area contributed by atoms with Crippen LogP contribution in [0.4, 0.5) is 0 Å². The van der Waals surface area contributed by atoms with Crippen molar-refractivity contribution in [2.75, 3.05) is 7.05 Å². The minimum Gasteiger partial charge on any atom is -0.339 e. The maximum Gasteiger partial charge on any atom is 0.260 e. The molecule has 2 aromatic rings. The van der Waals surface area contributed by atoms with Gasteiger partial charge >= 0.3 is 0 Å². The fourth-order valence-corrected chi connectivity index (χ4v) is 2.66. The summed E-state index contributed by atoms with van der Waals surface area (Å²) in [6.07, 6.45) is 2.58. The lowest BCUT2D eigenvalue weighted by atomic mass is 10.5. The van der Waals surface area contributed by atoms with Crippen LogP contribution in [0.25, 0.3) is 0 Å². The Morgan fingerprint density at radius 3 is 2.65 bits per heavy atom. The van der Waals surface area contributed by atoms with Crippen molar-refractivity contribution in [2.24, 2.45) is 0 Å². The van der Waals surface area contributed by atoms with Crippen LogP contribution in [0, 0.1) is 0 Å². The summed E-state index contributed by atoms with van der Waals surface area (Å²) in [6, 6.07) is 0. The number of imidazole rings is 1.